The first-order valence-corrected chi connectivity index (χ1v) is 6.52. The Morgan fingerprint density at radius 3 is 2.39 bits per heavy atom. The first-order chi connectivity index (χ1) is 8.54. The summed E-state index contributed by atoms with van der Waals surface area (Å²) in [5, 5.41) is 11.5. The molecule has 104 valence electrons. The highest BCUT2D eigenvalue weighted by Crippen LogP contribution is 2.03. The summed E-state index contributed by atoms with van der Waals surface area (Å²) in [6.07, 6.45) is 0.468. The van der Waals surface area contributed by atoms with E-state index in [1.807, 2.05) is 0 Å². The van der Waals surface area contributed by atoms with E-state index in [0.717, 1.165) is 32.7 Å². The molecule has 2 amide bonds. The minimum atomic E-state index is -0.819. The number of hydrogen-bond acceptors (Lipinski definition) is 3. The number of piperazine rings is 1. The van der Waals surface area contributed by atoms with Crippen LogP contribution in [0.5, 0.6) is 0 Å². The number of carbonyl (C=O) groups is 2. The summed E-state index contributed by atoms with van der Waals surface area (Å²) < 4.78 is 0. The average molecular weight is 257 g/mol. The molecule has 1 heterocycles. The van der Waals surface area contributed by atoms with Crippen molar-refractivity contribution >= 4 is 12.0 Å². The summed E-state index contributed by atoms with van der Waals surface area (Å²) in [4.78, 5) is 26.5. The highest BCUT2D eigenvalue weighted by Gasteiger charge is 2.20. The van der Waals surface area contributed by atoms with Crippen LogP contribution in [0.4, 0.5) is 4.79 Å². The van der Waals surface area contributed by atoms with E-state index < -0.39 is 11.9 Å². The molecule has 1 fully saturated rings. The third-order valence-corrected chi connectivity index (χ3v) is 3.38. The van der Waals surface area contributed by atoms with Crippen LogP contribution < -0.4 is 5.32 Å². The molecular weight excluding hydrogens is 234 g/mol. The largest absolute Gasteiger partial charge is 0.481 e. The van der Waals surface area contributed by atoms with Crippen LogP contribution in [0.2, 0.25) is 0 Å². The zero-order valence-corrected chi connectivity index (χ0v) is 11.2. The molecule has 0 bridgehead atoms. The van der Waals surface area contributed by atoms with Gasteiger partial charge in [-0.05, 0) is 13.0 Å². The maximum atomic E-state index is 11.8. The molecule has 0 aromatic rings. The summed E-state index contributed by atoms with van der Waals surface area (Å²) in [5.74, 6) is -1.23. The van der Waals surface area contributed by atoms with Crippen molar-refractivity contribution in [3.05, 3.63) is 0 Å². The molecule has 6 nitrogen and oxygen atoms in total. The van der Waals surface area contributed by atoms with Crippen LogP contribution >= 0.6 is 0 Å². The Labute approximate surface area is 108 Å². The second-order valence-electron chi connectivity index (χ2n) is 4.68. The smallest absolute Gasteiger partial charge is 0.317 e. The van der Waals surface area contributed by atoms with Gasteiger partial charge in [0, 0.05) is 32.7 Å². The Balaban J connectivity index is 2.19. The molecule has 18 heavy (non-hydrogen) atoms. The highest BCUT2D eigenvalue weighted by atomic mass is 16.4. The lowest BCUT2D eigenvalue weighted by Gasteiger charge is -2.34. The molecule has 6 heteroatoms. The fourth-order valence-corrected chi connectivity index (χ4v) is 1.90. The number of carboxylic acid groups (broad SMARTS) is 1. The van der Waals surface area contributed by atoms with Gasteiger partial charge in [-0.1, -0.05) is 13.8 Å². The SMILES string of the molecule is CCN1CCN(C(=O)NCCC(C)C(=O)O)CC1. The second-order valence-corrected chi connectivity index (χ2v) is 4.68. The number of carboxylic acids is 1. The Morgan fingerprint density at radius 2 is 1.89 bits per heavy atom. The fourth-order valence-electron chi connectivity index (χ4n) is 1.90. The zero-order chi connectivity index (χ0) is 13.5. The van der Waals surface area contributed by atoms with Gasteiger partial charge in [0.15, 0.2) is 0 Å². The quantitative estimate of drug-likeness (QED) is 0.750. The van der Waals surface area contributed by atoms with Gasteiger partial charge in [-0.2, -0.15) is 0 Å². The lowest BCUT2D eigenvalue weighted by atomic mass is 10.1. The van der Waals surface area contributed by atoms with E-state index in [4.69, 9.17) is 5.11 Å². The molecule has 2 N–H and O–H groups in total. The number of amides is 2. The summed E-state index contributed by atoms with van der Waals surface area (Å²) in [5.41, 5.74) is 0. The van der Waals surface area contributed by atoms with Gasteiger partial charge in [0.2, 0.25) is 0 Å². The summed E-state index contributed by atoms with van der Waals surface area (Å²) in [7, 11) is 0. The van der Waals surface area contributed by atoms with E-state index in [1.165, 1.54) is 0 Å². The van der Waals surface area contributed by atoms with Gasteiger partial charge in [-0.3, -0.25) is 4.79 Å². The van der Waals surface area contributed by atoms with E-state index in [0.29, 0.717) is 13.0 Å². The third-order valence-electron chi connectivity index (χ3n) is 3.38. The predicted molar refractivity (Wildman–Crippen MR) is 68.5 cm³/mol. The van der Waals surface area contributed by atoms with Crippen LogP contribution in [0.3, 0.4) is 0 Å². The van der Waals surface area contributed by atoms with E-state index in [2.05, 4.69) is 17.1 Å². The maximum Gasteiger partial charge on any atom is 0.317 e. The average Bonchev–Trinajstić information content (AvgIpc) is 2.38. The first-order valence-electron chi connectivity index (χ1n) is 6.52. The number of aliphatic carboxylic acids is 1. The van der Waals surface area contributed by atoms with E-state index in [1.54, 1.807) is 11.8 Å². The van der Waals surface area contributed by atoms with Crippen molar-refractivity contribution in [1.82, 2.24) is 15.1 Å². The Kier molecular flexibility index (Phi) is 5.91. The number of nitrogens with zero attached hydrogens (tertiary/aromatic N) is 2. The Bertz CT molecular complexity index is 288. The van der Waals surface area contributed by atoms with Gasteiger partial charge in [0.05, 0.1) is 5.92 Å². The topological polar surface area (TPSA) is 72.9 Å². The molecule has 1 aliphatic rings. The molecule has 1 aliphatic heterocycles. The molecule has 0 aliphatic carbocycles. The van der Waals surface area contributed by atoms with Crippen molar-refractivity contribution < 1.29 is 14.7 Å². The number of likely N-dealkylation sites (N-methyl/N-ethyl adjacent to an activating group) is 1. The fraction of sp³-hybridized carbons (Fsp3) is 0.833. The molecule has 1 atom stereocenters. The molecule has 1 rings (SSSR count). The molecular formula is C12H23N3O3. The van der Waals surface area contributed by atoms with Crippen LogP contribution in [0.1, 0.15) is 20.3 Å². The number of rotatable bonds is 5. The normalized spacial score (nSPS) is 18.4. The number of hydrogen-bond donors (Lipinski definition) is 2. The van der Waals surface area contributed by atoms with Gasteiger partial charge >= 0.3 is 12.0 Å². The molecule has 1 unspecified atom stereocenters. The maximum absolute atomic E-state index is 11.8. The van der Waals surface area contributed by atoms with Gasteiger partial charge in [0.1, 0.15) is 0 Å². The van der Waals surface area contributed by atoms with Crippen LogP contribution in [0.15, 0.2) is 0 Å². The van der Waals surface area contributed by atoms with Crippen molar-refractivity contribution in [2.24, 2.45) is 5.92 Å². The van der Waals surface area contributed by atoms with Crippen molar-refractivity contribution in [2.75, 3.05) is 39.3 Å². The van der Waals surface area contributed by atoms with Crippen molar-refractivity contribution in [1.29, 1.82) is 0 Å². The van der Waals surface area contributed by atoms with Gasteiger partial charge in [0.25, 0.3) is 0 Å². The number of nitrogens with one attached hydrogen (secondary N) is 1. The van der Waals surface area contributed by atoms with Crippen molar-refractivity contribution in [3.63, 3.8) is 0 Å². The highest BCUT2D eigenvalue weighted by molar-refractivity contribution is 5.74. The van der Waals surface area contributed by atoms with E-state index in [9.17, 15) is 9.59 Å². The van der Waals surface area contributed by atoms with Gasteiger partial charge in [-0.15, -0.1) is 0 Å². The molecule has 0 aromatic carbocycles. The minimum absolute atomic E-state index is 0.0802. The van der Waals surface area contributed by atoms with Crippen molar-refractivity contribution in [2.45, 2.75) is 20.3 Å². The van der Waals surface area contributed by atoms with Gasteiger partial charge in [-0.25, -0.2) is 4.79 Å². The number of carbonyl (C=O) groups excluding carboxylic acids is 1. The molecule has 1 saturated heterocycles. The first kappa shape index (κ1) is 14.8. The minimum Gasteiger partial charge on any atom is -0.481 e. The second kappa shape index (κ2) is 7.20. The van der Waals surface area contributed by atoms with E-state index in [-0.39, 0.29) is 6.03 Å². The Morgan fingerprint density at radius 1 is 1.28 bits per heavy atom. The number of urea groups is 1. The van der Waals surface area contributed by atoms with Crippen LogP contribution in [-0.4, -0.2) is 66.2 Å². The standard InChI is InChI=1S/C12H23N3O3/c1-3-14-6-8-15(9-7-14)12(18)13-5-4-10(2)11(16)17/h10H,3-9H2,1-2H3,(H,13,18)(H,16,17). The predicted octanol–water partition coefficient (Wildman–Crippen LogP) is 0.444. The lowest BCUT2D eigenvalue weighted by Crippen LogP contribution is -2.51. The monoisotopic (exact) mass is 257 g/mol. The zero-order valence-electron chi connectivity index (χ0n) is 11.2. The lowest BCUT2D eigenvalue weighted by molar-refractivity contribution is -0.141. The summed E-state index contributed by atoms with van der Waals surface area (Å²) in [6, 6.07) is -0.0802. The van der Waals surface area contributed by atoms with Gasteiger partial charge < -0.3 is 20.2 Å². The van der Waals surface area contributed by atoms with Crippen LogP contribution in [0.25, 0.3) is 0 Å². The van der Waals surface area contributed by atoms with E-state index >= 15 is 0 Å². The Hall–Kier alpha value is -1.30. The summed E-state index contributed by atoms with van der Waals surface area (Å²) in [6.45, 7) is 8.51. The molecule has 0 spiro atoms. The molecule has 0 saturated carbocycles. The summed E-state index contributed by atoms with van der Waals surface area (Å²) >= 11 is 0. The van der Waals surface area contributed by atoms with Crippen molar-refractivity contribution in [3.8, 4) is 0 Å². The molecule has 0 radical (unpaired) electrons. The third kappa shape index (κ3) is 4.52. The van der Waals surface area contributed by atoms with Crippen LogP contribution in [0, 0.1) is 5.92 Å². The van der Waals surface area contributed by atoms with Crippen LogP contribution in [-0.2, 0) is 4.79 Å². The molecule has 0 aromatic heterocycles.